The Kier molecular flexibility index (Phi) is 6.05. The first-order chi connectivity index (χ1) is 10.7. The van der Waals surface area contributed by atoms with E-state index in [1.54, 1.807) is 13.4 Å². The van der Waals surface area contributed by atoms with Crippen molar-refractivity contribution in [1.29, 1.82) is 0 Å². The maximum Gasteiger partial charge on any atom is 0.165 e. The molecule has 22 heavy (non-hydrogen) atoms. The Morgan fingerprint density at radius 3 is 2.95 bits per heavy atom. The second kappa shape index (κ2) is 8.02. The number of nitrogens with two attached hydrogens (primary N) is 1. The summed E-state index contributed by atoms with van der Waals surface area (Å²) in [5.74, 6) is 0.416. The van der Waals surface area contributed by atoms with Crippen LogP contribution >= 0.6 is 0 Å². The van der Waals surface area contributed by atoms with Gasteiger partial charge in [-0.25, -0.2) is 15.0 Å². The van der Waals surface area contributed by atoms with E-state index in [-0.39, 0.29) is 6.10 Å². The average molecular weight is 307 g/mol. The van der Waals surface area contributed by atoms with E-state index >= 15 is 0 Å². The van der Waals surface area contributed by atoms with Gasteiger partial charge in [0.15, 0.2) is 11.5 Å². The number of aryl methyl sites for hydroxylation is 1. The first kappa shape index (κ1) is 16.6. The Bertz CT molecular complexity index is 586. The van der Waals surface area contributed by atoms with Crippen molar-refractivity contribution in [3.8, 4) is 0 Å². The summed E-state index contributed by atoms with van der Waals surface area (Å²) in [4.78, 5) is 14.7. The molecule has 0 saturated carbocycles. The highest BCUT2D eigenvalue weighted by molar-refractivity contribution is 5.80. The largest absolute Gasteiger partial charge is 0.382 e. The van der Waals surface area contributed by atoms with Crippen molar-refractivity contribution >= 4 is 17.0 Å². The molecule has 0 aliphatic carbocycles. The number of likely N-dealkylation sites (N-methyl/N-ethyl adjacent to an activating group) is 2. The van der Waals surface area contributed by atoms with Crippen LogP contribution < -0.4 is 11.1 Å². The molecule has 8 heteroatoms. The summed E-state index contributed by atoms with van der Waals surface area (Å²) in [5.41, 5.74) is 7.22. The Hall–Kier alpha value is -1.77. The molecule has 1 atom stereocenters. The van der Waals surface area contributed by atoms with E-state index in [1.165, 1.54) is 6.33 Å². The summed E-state index contributed by atoms with van der Waals surface area (Å²) >= 11 is 0. The number of nitrogen functional groups attached to an aromatic ring is 1. The Labute approximate surface area is 130 Å². The molecule has 3 N–H and O–H groups in total. The van der Waals surface area contributed by atoms with Crippen LogP contribution in [0, 0.1) is 0 Å². The number of aromatic nitrogens is 4. The monoisotopic (exact) mass is 307 g/mol. The van der Waals surface area contributed by atoms with Crippen LogP contribution in [0.3, 0.4) is 0 Å². The van der Waals surface area contributed by atoms with Gasteiger partial charge < -0.3 is 25.3 Å². The predicted octanol–water partition coefficient (Wildman–Crippen LogP) is -0.0352. The summed E-state index contributed by atoms with van der Waals surface area (Å²) < 4.78 is 7.57. The average Bonchev–Trinajstić information content (AvgIpc) is 2.94. The van der Waals surface area contributed by atoms with E-state index in [1.807, 2.05) is 11.6 Å². The minimum absolute atomic E-state index is 0.165. The third-order valence-electron chi connectivity index (χ3n) is 3.71. The van der Waals surface area contributed by atoms with E-state index in [4.69, 9.17) is 10.5 Å². The summed E-state index contributed by atoms with van der Waals surface area (Å²) in [6, 6.07) is 0. The summed E-state index contributed by atoms with van der Waals surface area (Å²) in [5, 5.41) is 3.15. The molecule has 8 nitrogen and oxygen atoms in total. The molecule has 2 heterocycles. The van der Waals surface area contributed by atoms with Crippen molar-refractivity contribution in [2.75, 3.05) is 46.6 Å². The fourth-order valence-electron chi connectivity index (χ4n) is 2.37. The molecule has 0 fully saturated rings. The van der Waals surface area contributed by atoms with Crippen LogP contribution in [-0.2, 0) is 11.3 Å². The van der Waals surface area contributed by atoms with Crippen LogP contribution in [0.2, 0.25) is 0 Å². The second-order valence-corrected chi connectivity index (χ2v) is 5.38. The van der Waals surface area contributed by atoms with Crippen molar-refractivity contribution in [3.05, 3.63) is 12.7 Å². The lowest BCUT2D eigenvalue weighted by Crippen LogP contribution is -2.35. The number of anilines is 1. The number of fused-ring (bicyclic) bond motifs is 1. The molecule has 0 aromatic carbocycles. The SMILES string of the molecule is CNCCN(C)CC(CCn1cnc2c(N)ncnc21)OC. The van der Waals surface area contributed by atoms with Crippen LogP contribution in [-0.4, -0.2) is 71.4 Å². The molecule has 0 bridgehead atoms. The molecule has 2 aromatic heterocycles. The fraction of sp³-hybridized carbons (Fsp3) is 0.643. The van der Waals surface area contributed by atoms with Crippen LogP contribution in [0.1, 0.15) is 6.42 Å². The van der Waals surface area contributed by atoms with Crippen molar-refractivity contribution in [1.82, 2.24) is 29.7 Å². The van der Waals surface area contributed by atoms with E-state index in [0.29, 0.717) is 11.3 Å². The van der Waals surface area contributed by atoms with Gasteiger partial charge in [0.2, 0.25) is 0 Å². The van der Waals surface area contributed by atoms with Gasteiger partial charge in [-0.1, -0.05) is 0 Å². The topological polar surface area (TPSA) is 94.1 Å². The number of hydrogen-bond acceptors (Lipinski definition) is 7. The van der Waals surface area contributed by atoms with Gasteiger partial charge in [0.25, 0.3) is 0 Å². The lowest BCUT2D eigenvalue weighted by Gasteiger charge is -2.23. The van der Waals surface area contributed by atoms with Crippen molar-refractivity contribution in [2.24, 2.45) is 0 Å². The number of hydrogen-bond donors (Lipinski definition) is 2. The zero-order chi connectivity index (χ0) is 15.9. The zero-order valence-corrected chi connectivity index (χ0v) is 13.5. The van der Waals surface area contributed by atoms with Gasteiger partial charge in [-0.15, -0.1) is 0 Å². The third kappa shape index (κ3) is 4.12. The van der Waals surface area contributed by atoms with E-state index in [0.717, 1.165) is 38.2 Å². The van der Waals surface area contributed by atoms with Gasteiger partial charge >= 0.3 is 0 Å². The van der Waals surface area contributed by atoms with E-state index in [9.17, 15) is 0 Å². The van der Waals surface area contributed by atoms with Gasteiger partial charge in [-0.2, -0.15) is 0 Å². The smallest absolute Gasteiger partial charge is 0.165 e. The standard InChI is InChI=1S/C14H25N7O/c1-16-5-7-20(2)8-11(22-3)4-6-21-10-19-12-13(15)17-9-18-14(12)21/h9-11,16H,4-8H2,1-3H3,(H2,15,17,18). The molecular weight excluding hydrogens is 282 g/mol. The molecule has 0 spiro atoms. The van der Waals surface area contributed by atoms with Gasteiger partial charge in [-0.05, 0) is 20.5 Å². The number of methoxy groups -OCH3 is 1. The normalized spacial score (nSPS) is 13.1. The Morgan fingerprint density at radius 2 is 2.23 bits per heavy atom. The number of ether oxygens (including phenoxy) is 1. The molecule has 2 rings (SSSR count). The van der Waals surface area contributed by atoms with Crippen LogP contribution in [0.5, 0.6) is 0 Å². The van der Waals surface area contributed by atoms with E-state index < -0.39 is 0 Å². The summed E-state index contributed by atoms with van der Waals surface area (Å²) in [6.07, 6.45) is 4.27. The minimum Gasteiger partial charge on any atom is -0.382 e. The highest BCUT2D eigenvalue weighted by Crippen LogP contribution is 2.15. The van der Waals surface area contributed by atoms with Crippen LogP contribution in [0.15, 0.2) is 12.7 Å². The summed E-state index contributed by atoms with van der Waals surface area (Å²) in [7, 11) is 5.81. The third-order valence-corrected chi connectivity index (χ3v) is 3.71. The molecule has 0 aliphatic rings. The highest BCUT2D eigenvalue weighted by atomic mass is 16.5. The number of rotatable bonds is 9. The highest BCUT2D eigenvalue weighted by Gasteiger charge is 2.13. The maximum absolute atomic E-state index is 5.80. The number of imidazole rings is 1. The van der Waals surface area contributed by atoms with Gasteiger partial charge in [0.1, 0.15) is 11.8 Å². The van der Waals surface area contributed by atoms with Gasteiger partial charge in [0, 0.05) is 33.3 Å². The molecule has 0 amide bonds. The lowest BCUT2D eigenvalue weighted by molar-refractivity contribution is 0.0628. The van der Waals surface area contributed by atoms with Crippen LogP contribution in [0.25, 0.3) is 11.2 Å². The summed E-state index contributed by atoms with van der Waals surface area (Å²) in [6.45, 7) is 3.64. The number of nitrogens with one attached hydrogen (secondary N) is 1. The van der Waals surface area contributed by atoms with Gasteiger partial charge in [0.05, 0.1) is 12.4 Å². The van der Waals surface area contributed by atoms with Crippen molar-refractivity contribution in [3.63, 3.8) is 0 Å². The quantitative estimate of drug-likeness (QED) is 0.671. The number of nitrogens with zero attached hydrogens (tertiary/aromatic N) is 5. The van der Waals surface area contributed by atoms with Gasteiger partial charge in [-0.3, -0.25) is 0 Å². The second-order valence-electron chi connectivity index (χ2n) is 5.38. The van der Waals surface area contributed by atoms with E-state index in [2.05, 4.69) is 32.2 Å². The minimum atomic E-state index is 0.165. The molecular formula is C14H25N7O. The Morgan fingerprint density at radius 1 is 1.41 bits per heavy atom. The van der Waals surface area contributed by atoms with Crippen molar-refractivity contribution < 1.29 is 4.74 Å². The first-order valence-corrected chi connectivity index (χ1v) is 7.43. The molecule has 0 aliphatic heterocycles. The first-order valence-electron chi connectivity index (χ1n) is 7.43. The predicted molar refractivity (Wildman–Crippen MR) is 86.6 cm³/mol. The molecule has 122 valence electrons. The maximum atomic E-state index is 5.80. The molecule has 1 unspecified atom stereocenters. The lowest BCUT2D eigenvalue weighted by atomic mass is 10.2. The van der Waals surface area contributed by atoms with Crippen LogP contribution in [0.4, 0.5) is 5.82 Å². The molecule has 0 saturated heterocycles. The zero-order valence-electron chi connectivity index (χ0n) is 13.5. The fourth-order valence-corrected chi connectivity index (χ4v) is 2.37. The Balaban J connectivity index is 1.93. The molecule has 2 aromatic rings. The van der Waals surface area contributed by atoms with Crippen molar-refractivity contribution in [2.45, 2.75) is 19.1 Å². The molecule has 0 radical (unpaired) electrons.